The number of rotatable bonds is 9. The van der Waals surface area contributed by atoms with Crippen LogP contribution in [0.1, 0.15) is 27.2 Å². The fourth-order valence-electron chi connectivity index (χ4n) is 3.95. The molecular weight excluding hydrogens is 537 g/mol. The lowest BCUT2D eigenvalue weighted by atomic mass is 10.2. The summed E-state index contributed by atoms with van der Waals surface area (Å²) in [5, 5.41) is 6.43. The van der Waals surface area contributed by atoms with E-state index in [9.17, 15) is 18.0 Å². The van der Waals surface area contributed by atoms with Crippen LogP contribution in [0.4, 0.5) is 16.2 Å². The van der Waals surface area contributed by atoms with Crippen molar-refractivity contribution in [1.29, 1.82) is 0 Å². The number of benzene rings is 2. The number of anilines is 2. The molecule has 3 amide bonds. The Morgan fingerprint density at radius 2 is 1.68 bits per heavy atom. The third-order valence-corrected chi connectivity index (χ3v) is 8.25. The summed E-state index contributed by atoms with van der Waals surface area (Å²) in [4.78, 5) is 29.1. The molecule has 202 valence electrons. The smallest absolute Gasteiger partial charge is 0.317 e. The Hall–Kier alpha value is -2.53. The monoisotopic (exact) mass is 569 g/mol. The van der Waals surface area contributed by atoms with Crippen molar-refractivity contribution in [2.45, 2.75) is 38.1 Å². The van der Waals surface area contributed by atoms with E-state index in [0.29, 0.717) is 48.3 Å². The molecule has 12 heteroatoms. The molecule has 37 heavy (non-hydrogen) atoms. The van der Waals surface area contributed by atoms with Gasteiger partial charge in [-0.2, -0.15) is 4.31 Å². The van der Waals surface area contributed by atoms with Gasteiger partial charge in [-0.3, -0.25) is 4.79 Å². The van der Waals surface area contributed by atoms with E-state index in [-0.39, 0.29) is 30.1 Å². The number of nitrogens with one attached hydrogen (secondary N) is 2. The number of sulfonamides is 1. The molecule has 1 aliphatic rings. The molecule has 1 aliphatic heterocycles. The zero-order chi connectivity index (χ0) is 27.2. The van der Waals surface area contributed by atoms with Crippen molar-refractivity contribution >= 4 is 56.5 Å². The minimum absolute atomic E-state index is 0.0689. The van der Waals surface area contributed by atoms with Crippen LogP contribution in [0.2, 0.25) is 10.0 Å². The van der Waals surface area contributed by atoms with Gasteiger partial charge in [0.05, 0.1) is 22.2 Å². The normalized spacial score (nSPS) is 14.2. The lowest BCUT2D eigenvalue weighted by molar-refractivity contribution is -0.116. The van der Waals surface area contributed by atoms with E-state index in [1.54, 1.807) is 17.0 Å². The minimum Gasteiger partial charge on any atom is -0.368 e. The molecule has 3 rings (SSSR count). The van der Waals surface area contributed by atoms with Gasteiger partial charge < -0.3 is 20.4 Å². The van der Waals surface area contributed by atoms with Gasteiger partial charge in [-0.15, -0.1) is 0 Å². The number of amides is 3. The highest BCUT2D eigenvalue weighted by molar-refractivity contribution is 7.89. The van der Waals surface area contributed by atoms with Crippen LogP contribution in [0.15, 0.2) is 47.4 Å². The Morgan fingerprint density at radius 1 is 1.03 bits per heavy atom. The van der Waals surface area contributed by atoms with E-state index in [2.05, 4.69) is 15.5 Å². The van der Waals surface area contributed by atoms with Crippen molar-refractivity contribution in [1.82, 2.24) is 14.5 Å². The molecule has 1 saturated heterocycles. The number of carbonyl (C=O) groups is 2. The topological polar surface area (TPSA) is 102 Å². The van der Waals surface area contributed by atoms with Crippen LogP contribution in [0.5, 0.6) is 0 Å². The van der Waals surface area contributed by atoms with Gasteiger partial charge in [0.25, 0.3) is 0 Å². The number of halogens is 2. The molecule has 1 heterocycles. The Bertz CT molecular complexity index is 1200. The summed E-state index contributed by atoms with van der Waals surface area (Å²) in [6.07, 6.45) is 0.539. The Morgan fingerprint density at radius 3 is 2.27 bits per heavy atom. The summed E-state index contributed by atoms with van der Waals surface area (Å²) in [7, 11) is -3.89. The summed E-state index contributed by atoms with van der Waals surface area (Å²) in [6.45, 7) is 7.90. The van der Waals surface area contributed by atoms with Crippen molar-refractivity contribution in [3.63, 3.8) is 0 Å². The van der Waals surface area contributed by atoms with Crippen LogP contribution in [0, 0.1) is 0 Å². The molecule has 2 aromatic carbocycles. The molecule has 1 fully saturated rings. The maximum Gasteiger partial charge on any atom is 0.317 e. The zero-order valence-electron chi connectivity index (χ0n) is 21.2. The zero-order valence-corrected chi connectivity index (χ0v) is 23.5. The quantitative estimate of drug-likeness (QED) is 0.469. The van der Waals surface area contributed by atoms with Crippen LogP contribution < -0.4 is 15.5 Å². The number of urea groups is 1. The summed E-state index contributed by atoms with van der Waals surface area (Å²) >= 11 is 12.2. The fourth-order valence-corrected chi connectivity index (χ4v) is 5.73. The van der Waals surface area contributed by atoms with Gasteiger partial charge in [0.2, 0.25) is 15.9 Å². The van der Waals surface area contributed by atoms with Gasteiger partial charge >= 0.3 is 6.03 Å². The lowest BCUT2D eigenvalue weighted by Gasteiger charge is -2.36. The number of carbonyl (C=O) groups excluding carboxylic acids is 2. The largest absolute Gasteiger partial charge is 0.368 e. The first kappa shape index (κ1) is 29.0. The van der Waals surface area contributed by atoms with E-state index in [4.69, 9.17) is 23.2 Å². The van der Waals surface area contributed by atoms with Crippen LogP contribution in [0.3, 0.4) is 0 Å². The molecule has 2 aromatic rings. The molecule has 0 bridgehead atoms. The number of hydrogen-bond acceptors (Lipinski definition) is 5. The molecule has 0 spiro atoms. The summed E-state index contributed by atoms with van der Waals surface area (Å²) in [5.41, 5.74) is 1.24. The van der Waals surface area contributed by atoms with E-state index < -0.39 is 15.9 Å². The van der Waals surface area contributed by atoms with Gasteiger partial charge in [-0.1, -0.05) is 30.1 Å². The molecule has 0 saturated carbocycles. The average molecular weight is 571 g/mol. The van der Waals surface area contributed by atoms with Crippen molar-refractivity contribution in [2.24, 2.45) is 0 Å². The van der Waals surface area contributed by atoms with E-state index in [1.807, 2.05) is 26.8 Å². The van der Waals surface area contributed by atoms with Gasteiger partial charge in [-0.25, -0.2) is 13.2 Å². The first-order valence-corrected chi connectivity index (χ1v) is 14.4. The van der Waals surface area contributed by atoms with Crippen LogP contribution >= 0.6 is 23.2 Å². The molecule has 0 atom stereocenters. The minimum atomic E-state index is -3.89. The van der Waals surface area contributed by atoms with Crippen molar-refractivity contribution < 1.29 is 18.0 Å². The van der Waals surface area contributed by atoms with E-state index >= 15 is 0 Å². The Labute approximate surface area is 228 Å². The second-order valence-electron chi connectivity index (χ2n) is 9.08. The SMILES string of the molecule is CCCN(CC(=O)Nc1cc(N2CCN(C(=O)NC(C)C)CC2)ccc1Cl)S(=O)(=O)c1ccc(Cl)cc1. The van der Waals surface area contributed by atoms with Gasteiger partial charge in [0, 0.05) is 49.5 Å². The van der Waals surface area contributed by atoms with Crippen LogP contribution in [-0.4, -0.2) is 74.9 Å². The molecule has 0 radical (unpaired) electrons. The highest BCUT2D eigenvalue weighted by Crippen LogP contribution is 2.28. The van der Waals surface area contributed by atoms with E-state index in [0.717, 1.165) is 9.99 Å². The summed E-state index contributed by atoms with van der Waals surface area (Å²) < 4.78 is 27.4. The second kappa shape index (κ2) is 12.8. The Kier molecular flexibility index (Phi) is 10.1. The number of nitrogens with zero attached hydrogens (tertiary/aromatic N) is 3. The highest BCUT2D eigenvalue weighted by Gasteiger charge is 2.27. The average Bonchev–Trinajstić information content (AvgIpc) is 2.85. The maximum absolute atomic E-state index is 13.1. The predicted molar refractivity (Wildman–Crippen MR) is 148 cm³/mol. The van der Waals surface area contributed by atoms with Crippen LogP contribution in [0.25, 0.3) is 0 Å². The molecule has 0 aromatic heterocycles. The second-order valence-corrected chi connectivity index (χ2v) is 11.9. The van der Waals surface area contributed by atoms with Crippen molar-refractivity contribution in [3.05, 3.63) is 52.5 Å². The molecule has 2 N–H and O–H groups in total. The third kappa shape index (κ3) is 7.73. The summed E-state index contributed by atoms with van der Waals surface area (Å²) in [6, 6.07) is 11.2. The Balaban J connectivity index is 1.67. The van der Waals surface area contributed by atoms with Gasteiger partial charge in [0.15, 0.2) is 0 Å². The highest BCUT2D eigenvalue weighted by atomic mass is 35.5. The van der Waals surface area contributed by atoms with E-state index in [1.165, 1.54) is 24.3 Å². The van der Waals surface area contributed by atoms with Crippen molar-refractivity contribution in [2.75, 3.05) is 49.5 Å². The first-order valence-electron chi connectivity index (χ1n) is 12.2. The number of hydrogen-bond donors (Lipinski definition) is 2. The third-order valence-electron chi connectivity index (χ3n) is 5.81. The van der Waals surface area contributed by atoms with Crippen LogP contribution in [-0.2, 0) is 14.8 Å². The maximum atomic E-state index is 13.1. The molecule has 0 unspecified atom stereocenters. The van der Waals surface area contributed by atoms with Gasteiger partial charge in [-0.05, 0) is 62.7 Å². The standard InChI is InChI=1S/C25H33Cl2N5O4S/c1-4-11-32(37(35,36)21-8-5-19(26)6-9-21)17-24(33)29-23-16-20(7-10-22(23)27)30-12-14-31(15-13-30)25(34)28-18(2)3/h5-10,16,18H,4,11-15,17H2,1-3H3,(H,28,34)(H,29,33). The van der Waals surface area contributed by atoms with Crippen molar-refractivity contribution in [3.8, 4) is 0 Å². The molecule has 0 aliphatic carbocycles. The lowest BCUT2D eigenvalue weighted by Crippen LogP contribution is -2.52. The summed E-state index contributed by atoms with van der Waals surface area (Å²) in [5.74, 6) is -0.500. The fraction of sp³-hybridized carbons (Fsp3) is 0.440. The molecular formula is C25H33Cl2N5O4S. The molecule has 9 nitrogen and oxygen atoms in total. The first-order chi connectivity index (χ1) is 17.5. The predicted octanol–water partition coefficient (Wildman–Crippen LogP) is 4.27. The van der Waals surface area contributed by atoms with Gasteiger partial charge in [0.1, 0.15) is 0 Å². The number of piperazine rings is 1.